The zero-order valence-electron chi connectivity index (χ0n) is 20.9. The van der Waals surface area contributed by atoms with E-state index in [4.69, 9.17) is 13.9 Å². The Morgan fingerprint density at radius 1 is 1.13 bits per heavy atom. The van der Waals surface area contributed by atoms with E-state index in [1.54, 1.807) is 50.2 Å². The quantitative estimate of drug-likeness (QED) is 0.120. The fourth-order valence-electron chi connectivity index (χ4n) is 3.92. The van der Waals surface area contributed by atoms with Crippen LogP contribution in [0.3, 0.4) is 0 Å². The van der Waals surface area contributed by atoms with Crippen molar-refractivity contribution in [1.29, 1.82) is 0 Å². The van der Waals surface area contributed by atoms with Gasteiger partial charge in [-0.3, -0.25) is 14.9 Å². The Kier molecular flexibility index (Phi) is 6.87. The summed E-state index contributed by atoms with van der Waals surface area (Å²) in [7, 11) is 0. The van der Waals surface area contributed by atoms with E-state index in [0.717, 1.165) is 10.1 Å². The normalized spacial score (nSPS) is 11.5. The second-order valence-corrected chi connectivity index (χ2v) is 8.77. The highest BCUT2D eigenvalue weighted by Crippen LogP contribution is 2.28. The molecule has 0 N–H and O–H groups in total. The molecule has 0 radical (unpaired) electrons. The van der Waals surface area contributed by atoms with Gasteiger partial charge < -0.3 is 13.9 Å². The number of hydrogen-bond acceptors (Lipinski definition) is 9. The van der Waals surface area contributed by atoms with Gasteiger partial charge in [0.05, 0.1) is 28.1 Å². The van der Waals surface area contributed by atoms with Crippen LogP contribution in [-0.2, 0) is 9.53 Å². The number of non-ortho nitro benzene ring substituents is 1. The fraction of sp³-hybridized carbons (Fsp3) is 0.143. The lowest BCUT2D eigenvalue weighted by Crippen LogP contribution is -2.20. The summed E-state index contributed by atoms with van der Waals surface area (Å²) in [5.74, 6) is -0.0202. The molecule has 0 bridgehead atoms. The van der Waals surface area contributed by atoms with Crippen LogP contribution in [-0.4, -0.2) is 39.5 Å². The number of nitro benzene ring substituents is 1. The predicted molar refractivity (Wildman–Crippen MR) is 144 cm³/mol. The van der Waals surface area contributed by atoms with Crippen molar-refractivity contribution in [1.82, 2.24) is 9.66 Å². The van der Waals surface area contributed by atoms with Crippen molar-refractivity contribution in [2.45, 2.75) is 20.0 Å². The maximum absolute atomic E-state index is 13.5. The van der Waals surface area contributed by atoms with E-state index >= 15 is 0 Å². The predicted octanol–water partition coefficient (Wildman–Crippen LogP) is 4.93. The standard InChI is InChI=1S/C28H22N4O7/c1-17(2)38-26(33)16-37-23-12-11-20(32(35)36)13-19(23)15-29-31-27(25-14-18-7-3-6-10-24(18)39-25)30-22-9-5-4-8-21(22)28(31)34/h3-15,17H,16H2,1-2H3. The average molecular weight is 527 g/mol. The first-order valence-corrected chi connectivity index (χ1v) is 12.0. The van der Waals surface area contributed by atoms with Crippen LogP contribution in [0.15, 0.2) is 87.1 Å². The molecule has 0 spiro atoms. The zero-order chi connectivity index (χ0) is 27.5. The molecule has 5 rings (SSSR count). The molecule has 0 saturated heterocycles. The summed E-state index contributed by atoms with van der Waals surface area (Å²) in [5, 5.41) is 16.9. The number of furan rings is 1. The number of benzene rings is 3. The molecule has 0 aliphatic heterocycles. The Bertz CT molecular complexity index is 1770. The monoisotopic (exact) mass is 526 g/mol. The maximum atomic E-state index is 13.5. The number of carbonyl (C=O) groups excluding carboxylic acids is 1. The van der Waals surface area contributed by atoms with Gasteiger partial charge in [0.1, 0.15) is 11.3 Å². The Balaban J connectivity index is 1.61. The Morgan fingerprint density at radius 2 is 1.90 bits per heavy atom. The molecule has 11 heteroatoms. The van der Waals surface area contributed by atoms with Crippen molar-refractivity contribution in [2.24, 2.45) is 5.10 Å². The van der Waals surface area contributed by atoms with Crippen LogP contribution in [0.2, 0.25) is 0 Å². The number of hydrogen-bond donors (Lipinski definition) is 0. The van der Waals surface area contributed by atoms with E-state index in [9.17, 15) is 19.7 Å². The van der Waals surface area contributed by atoms with Crippen LogP contribution < -0.4 is 10.3 Å². The lowest BCUT2D eigenvalue weighted by atomic mass is 10.2. The van der Waals surface area contributed by atoms with E-state index in [2.05, 4.69) is 10.1 Å². The summed E-state index contributed by atoms with van der Waals surface area (Å²) in [6, 6.07) is 19.7. The molecule has 0 amide bonds. The minimum Gasteiger partial charge on any atom is -0.481 e. The number of esters is 1. The van der Waals surface area contributed by atoms with Crippen molar-refractivity contribution in [3.05, 3.63) is 98.8 Å². The molecule has 0 saturated carbocycles. The zero-order valence-corrected chi connectivity index (χ0v) is 20.9. The minimum absolute atomic E-state index is 0.136. The number of nitro groups is 1. The highest BCUT2D eigenvalue weighted by molar-refractivity contribution is 5.86. The van der Waals surface area contributed by atoms with Crippen LogP contribution in [0.1, 0.15) is 19.4 Å². The number of ether oxygens (including phenoxy) is 2. The van der Waals surface area contributed by atoms with Gasteiger partial charge in [-0.2, -0.15) is 9.78 Å². The molecule has 0 aliphatic carbocycles. The lowest BCUT2D eigenvalue weighted by molar-refractivity contribution is -0.384. The molecule has 0 atom stereocenters. The number of fused-ring (bicyclic) bond motifs is 2. The summed E-state index contributed by atoms with van der Waals surface area (Å²) in [6.45, 7) is 2.99. The van der Waals surface area contributed by atoms with Crippen LogP contribution >= 0.6 is 0 Å². The third-order valence-corrected chi connectivity index (χ3v) is 5.63. The number of aromatic nitrogens is 2. The number of rotatable bonds is 8. The van der Waals surface area contributed by atoms with E-state index in [1.165, 1.54) is 24.4 Å². The van der Waals surface area contributed by atoms with Crippen LogP contribution in [0, 0.1) is 10.1 Å². The van der Waals surface area contributed by atoms with Gasteiger partial charge in [-0.15, -0.1) is 0 Å². The van der Waals surface area contributed by atoms with Crippen molar-refractivity contribution in [2.75, 3.05) is 6.61 Å². The molecule has 0 unspecified atom stereocenters. The summed E-state index contributed by atoms with van der Waals surface area (Å²) in [4.78, 5) is 41.0. The van der Waals surface area contributed by atoms with E-state index in [-0.39, 0.29) is 28.9 Å². The molecule has 0 fully saturated rings. The largest absolute Gasteiger partial charge is 0.481 e. The van der Waals surface area contributed by atoms with Crippen molar-refractivity contribution >= 4 is 39.7 Å². The Hall–Kier alpha value is -5.32. The second-order valence-electron chi connectivity index (χ2n) is 8.77. The third kappa shape index (κ3) is 5.37. The molecule has 196 valence electrons. The van der Waals surface area contributed by atoms with Gasteiger partial charge in [-0.25, -0.2) is 9.78 Å². The molecular formula is C28H22N4O7. The lowest BCUT2D eigenvalue weighted by Gasteiger charge is -2.11. The number of nitrogens with zero attached hydrogens (tertiary/aromatic N) is 4. The third-order valence-electron chi connectivity index (χ3n) is 5.63. The summed E-state index contributed by atoms with van der Waals surface area (Å²) < 4.78 is 17.7. The van der Waals surface area contributed by atoms with Crippen molar-refractivity contribution in [3.63, 3.8) is 0 Å². The van der Waals surface area contributed by atoms with Crippen molar-refractivity contribution < 1.29 is 23.6 Å². The molecule has 11 nitrogen and oxygen atoms in total. The highest BCUT2D eigenvalue weighted by atomic mass is 16.6. The molecule has 2 aromatic heterocycles. The van der Waals surface area contributed by atoms with Gasteiger partial charge in [-0.1, -0.05) is 30.3 Å². The van der Waals surface area contributed by atoms with E-state index < -0.39 is 23.1 Å². The minimum atomic E-state index is -0.603. The molecule has 3 aromatic carbocycles. The second kappa shape index (κ2) is 10.6. The molecule has 39 heavy (non-hydrogen) atoms. The van der Waals surface area contributed by atoms with Gasteiger partial charge in [0.25, 0.3) is 11.2 Å². The van der Waals surface area contributed by atoms with Gasteiger partial charge in [0, 0.05) is 23.1 Å². The Labute approximate surface area is 221 Å². The summed E-state index contributed by atoms with van der Waals surface area (Å²) in [5.41, 5.74) is 0.522. The van der Waals surface area contributed by atoms with Crippen LogP contribution in [0.25, 0.3) is 33.5 Å². The van der Waals surface area contributed by atoms with Gasteiger partial charge in [0.15, 0.2) is 12.4 Å². The van der Waals surface area contributed by atoms with Gasteiger partial charge >= 0.3 is 5.97 Å². The van der Waals surface area contributed by atoms with Gasteiger partial charge in [-0.05, 0) is 44.2 Å². The van der Waals surface area contributed by atoms with Gasteiger partial charge in [0.2, 0.25) is 5.82 Å². The van der Waals surface area contributed by atoms with Crippen LogP contribution in [0.5, 0.6) is 5.75 Å². The molecule has 5 aromatic rings. The molecular weight excluding hydrogens is 504 g/mol. The molecule has 2 heterocycles. The van der Waals surface area contributed by atoms with Crippen LogP contribution in [0.4, 0.5) is 5.69 Å². The first-order chi connectivity index (χ1) is 18.8. The first kappa shape index (κ1) is 25.3. The average Bonchev–Trinajstić information content (AvgIpc) is 3.35. The number of para-hydroxylation sites is 2. The maximum Gasteiger partial charge on any atom is 0.344 e. The highest BCUT2D eigenvalue weighted by Gasteiger charge is 2.18. The Morgan fingerprint density at radius 3 is 2.67 bits per heavy atom. The fourth-order valence-corrected chi connectivity index (χ4v) is 3.92. The first-order valence-electron chi connectivity index (χ1n) is 12.0. The topological polar surface area (TPSA) is 139 Å². The SMILES string of the molecule is CC(C)OC(=O)COc1ccc([N+](=O)[O-])cc1C=Nn1c(-c2cc3ccccc3o2)nc2ccccc2c1=O. The van der Waals surface area contributed by atoms with E-state index in [0.29, 0.717) is 22.2 Å². The smallest absolute Gasteiger partial charge is 0.344 e. The number of carbonyl (C=O) groups is 1. The van der Waals surface area contributed by atoms with E-state index in [1.807, 2.05) is 18.2 Å². The molecule has 0 aliphatic rings. The summed E-state index contributed by atoms with van der Waals surface area (Å²) >= 11 is 0. The van der Waals surface area contributed by atoms with Crippen molar-refractivity contribution in [3.8, 4) is 17.3 Å². The summed E-state index contributed by atoms with van der Waals surface area (Å²) in [6.07, 6.45) is 0.906.